The number of hydrogen-bond acceptors (Lipinski definition) is 6. The van der Waals surface area contributed by atoms with Gasteiger partial charge in [-0.05, 0) is 61.9 Å². The number of halogens is 5. The fourth-order valence-electron chi connectivity index (χ4n) is 5.82. The summed E-state index contributed by atoms with van der Waals surface area (Å²) in [7, 11) is 2.00. The lowest BCUT2D eigenvalue weighted by molar-refractivity contribution is -0.138. The van der Waals surface area contributed by atoms with Crippen molar-refractivity contribution in [3.05, 3.63) is 88.7 Å². The number of hydrogen-bond donors (Lipinski definition) is 1. The molecule has 226 valence electrons. The second-order valence-corrected chi connectivity index (χ2v) is 11.0. The summed E-state index contributed by atoms with van der Waals surface area (Å²) in [5, 5.41) is 6.72. The summed E-state index contributed by atoms with van der Waals surface area (Å²) >= 11 is 0. The first kappa shape index (κ1) is 29.0. The Hall–Kier alpha value is -4.10. The van der Waals surface area contributed by atoms with Gasteiger partial charge < -0.3 is 15.1 Å². The van der Waals surface area contributed by atoms with Crippen LogP contribution in [0.25, 0.3) is 5.65 Å². The molecule has 2 fully saturated rings. The summed E-state index contributed by atoms with van der Waals surface area (Å²) in [6.07, 6.45) is -0.525. The van der Waals surface area contributed by atoms with E-state index in [1.54, 1.807) is 18.3 Å². The number of benzene rings is 2. The Bertz CT molecular complexity index is 1650. The van der Waals surface area contributed by atoms with E-state index < -0.39 is 40.9 Å². The Kier molecular flexibility index (Phi) is 7.77. The highest BCUT2D eigenvalue weighted by Crippen LogP contribution is 2.37. The number of amides is 1. The molecule has 2 aromatic heterocycles. The maximum absolute atomic E-state index is 14.6. The zero-order chi connectivity index (χ0) is 30.3. The minimum absolute atomic E-state index is 0.120. The van der Waals surface area contributed by atoms with Crippen LogP contribution in [0.15, 0.2) is 54.9 Å². The first-order chi connectivity index (χ1) is 20.6. The van der Waals surface area contributed by atoms with Crippen LogP contribution < -0.4 is 10.2 Å². The van der Waals surface area contributed by atoms with Gasteiger partial charge in [0.1, 0.15) is 23.1 Å². The van der Waals surface area contributed by atoms with E-state index >= 15 is 0 Å². The number of aromatic nitrogens is 3. The van der Waals surface area contributed by atoms with E-state index in [1.165, 1.54) is 22.8 Å². The lowest BCUT2D eigenvalue weighted by Crippen LogP contribution is -2.43. The van der Waals surface area contributed by atoms with Crippen molar-refractivity contribution in [1.29, 1.82) is 0 Å². The van der Waals surface area contributed by atoms with E-state index in [4.69, 9.17) is 0 Å². The molecule has 1 N–H and O–H groups in total. The van der Waals surface area contributed by atoms with E-state index in [1.807, 2.05) is 11.9 Å². The maximum atomic E-state index is 14.6. The molecule has 8 nitrogen and oxygen atoms in total. The Morgan fingerprint density at radius 3 is 2.58 bits per heavy atom. The van der Waals surface area contributed by atoms with Gasteiger partial charge in [0.05, 0.1) is 23.4 Å². The summed E-state index contributed by atoms with van der Waals surface area (Å²) in [6, 6.07) is 8.34. The highest BCUT2D eigenvalue weighted by atomic mass is 19.4. The average Bonchev–Trinajstić information content (AvgIpc) is 3.62. The molecule has 6 rings (SSSR count). The Labute approximate surface area is 244 Å². The second kappa shape index (κ2) is 11.5. The number of nitrogens with zero attached hydrogens (tertiary/aromatic N) is 6. The van der Waals surface area contributed by atoms with Gasteiger partial charge in [0.2, 0.25) is 0 Å². The molecule has 1 unspecified atom stereocenters. The highest BCUT2D eigenvalue weighted by Gasteiger charge is 2.36. The fraction of sp³-hybridized carbons (Fsp3) is 0.367. The lowest BCUT2D eigenvalue weighted by atomic mass is 10.0. The Balaban J connectivity index is 1.25. The van der Waals surface area contributed by atoms with E-state index in [-0.39, 0.29) is 16.9 Å². The predicted octanol–water partition coefficient (Wildman–Crippen LogP) is 5.37. The molecule has 2 aromatic carbocycles. The number of rotatable bonds is 6. The predicted molar refractivity (Wildman–Crippen MR) is 151 cm³/mol. The number of nitrogens with one attached hydrogen (secondary N) is 1. The molecule has 2 aliphatic heterocycles. The van der Waals surface area contributed by atoms with Gasteiger partial charge >= 0.3 is 6.18 Å². The number of piperazine rings is 1. The summed E-state index contributed by atoms with van der Waals surface area (Å²) in [4.78, 5) is 23.9. The standard InChI is InChI=1S/C30H30F5N7O/c1-39-11-13-40(14-12-39)18-19-4-6-21(23(15-19)30(33,34)35)29(43)37-25-17-36-42-10-8-27(38-28(25)42)41-9-2-3-26(41)22-16-20(31)5-7-24(22)32/h4-8,10,15-17,26H,2-3,9,11-14,18H2,1H3,(H,37,43). The summed E-state index contributed by atoms with van der Waals surface area (Å²) < 4.78 is 72.3. The molecule has 1 amide bonds. The van der Waals surface area contributed by atoms with Gasteiger partial charge in [0.15, 0.2) is 5.65 Å². The zero-order valence-electron chi connectivity index (χ0n) is 23.4. The fourth-order valence-corrected chi connectivity index (χ4v) is 5.82. The van der Waals surface area contributed by atoms with E-state index in [9.17, 15) is 26.7 Å². The van der Waals surface area contributed by atoms with Crippen molar-refractivity contribution in [1.82, 2.24) is 24.4 Å². The van der Waals surface area contributed by atoms with E-state index in [2.05, 4.69) is 25.2 Å². The molecule has 2 saturated heterocycles. The smallest absolute Gasteiger partial charge is 0.349 e. The molecule has 0 aliphatic carbocycles. The van der Waals surface area contributed by atoms with Crippen molar-refractivity contribution in [3.8, 4) is 0 Å². The molecule has 0 spiro atoms. The topological polar surface area (TPSA) is 69.0 Å². The zero-order valence-corrected chi connectivity index (χ0v) is 23.4. The molecule has 43 heavy (non-hydrogen) atoms. The van der Waals surface area contributed by atoms with Crippen LogP contribution in [0.4, 0.5) is 33.5 Å². The van der Waals surface area contributed by atoms with E-state index in [0.717, 1.165) is 50.8 Å². The van der Waals surface area contributed by atoms with Crippen molar-refractivity contribution >= 4 is 23.1 Å². The number of carbonyl (C=O) groups is 1. The van der Waals surface area contributed by atoms with Crippen molar-refractivity contribution in [3.63, 3.8) is 0 Å². The molecule has 4 heterocycles. The van der Waals surface area contributed by atoms with Crippen molar-refractivity contribution in [2.75, 3.05) is 50.0 Å². The third kappa shape index (κ3) is 6.04. The van der Waals surface area contributed by atoms with E-state index in [0.29, 0.717) is 30.9 Å². The first-order valence-electron chi connectivity index (χ1n) is 14.0. The van der Waals surface area contributed by atoms with Crippen LogP contribution in [0.1, 0.15) is 45.9 Å². The second-order valence-electron chi connectivity index (χ2n) is 11.0. The molecule has 2 aliphatic rings. The molecule has 0 radical (unpaired) electrons. The minimum atomic E-state index is -4.74. The van der Waals surface area contributed by atoms with Crippen LogP contribution >= 0.6 is 0 Å². The minimum Gasteiger partial charge on any atom is -0.349 e. The van der Waals surface area contributed by atoms with Crippen LogP contribution in [0, 0.1) is 11.6 Å². The van der Waals surface area contributed by atoms with Crippen molar-refractivity contribution < 1.29 is 26.7 Å². The molecular formula is C30H30F5N7O. The Morgan fingerprint density at radius 1 is 1.02 bits per heavy atom. The van der Waals surface area contributed by atoms with Crippen molar-refractivity contribution in [2.45, 2.75) is 31.6 Å². The van der Waals surface area contributed by atoms with Crippen LogP contribution in [0.2, 0.25) is 0 Å². The third-order valence-corrected chi connectivity index (χ3v) is 8.10. The van der Waals surface area contributed by atoms with Gasteiger partial charge in [-0.2, -0.15) is 18.3 Å². The average molecular weight is 600 g/mol. The van der Waals surface area contributed by atoms with Gasteiger partial charge in [-0.1, -0.05) is 6.07 Å². The number of carbonyl (C=O) groups excluding carboxylic acids is 1. The monoisotopic (exact) mass is 599 g/mol. The SMILES string of the molecule is CN1CCN(Cc2ccc(C(=O)Nc3cnn4ccc(N5CCCC5c5cc(F)ccc5F)nc34)c(C(F)(F)F)c2)CC1. The van der Waals surface area contributed by atoms with Crippen LogP contribution in [0.5, 0.6) is 0 Å². The maximum Gasteiger partial charge on any atom is 0.417 e. The van der Waals surface area contributed by atoms with Crippen LogP contribution in [0.3, 0.4) is 0 Å². The first-order valence-corrected chi connectivity index (χ1v) is 14.0. The number of alkyl halides is 3. The number of fused-ring (bicyclic) bond motifs is 1. The summed E-state index contributed by atoms with van der Waals surface area (Å²) in [6.45, 7) is 4.06. The number of likely N-dealkylation sites (N-methyl/N-ethyl adjacent to an activating group) is 1. The van der Waals surface area contributed by atoms with Gasteiger partial charge in [-0.3, -0.25) is 9.69 Å². The highest BCUT2D eigenvalue weighted by molar-refractivity contribution is 6.07. The van der Waals surface area contributed by atoms with Crippen LogP contribution in [-0.4, -0.2) is 70.1 Å². The summed E-state index contributed by atoms with van der Waals surface area (Å²) in [5.74, 6) is -1.56. The molecule has 13 heteroatoms. The van der Waals surface area contributed by atoms with Gasteiger partial charge in [0, 0.05) is 51.0 Å². The quantitative estimate of drug-likeness (QED) is 0.301. The molecular weight excluding hydrogens is 569 g/mol. The summed E-state index contributed by atoms with van der Waals surface area (Å²) in [5.41, 5.74) is -0.502. The van der Waals surface area contributed by atoms with Crippen LogP contribution in [-0.2, 0) is 12.7 Å². The number of anilines is 2. The van der Waals surface area contributed by atoms with Crippen molar-refractivity contribution in [2.24, 2.45) is 0 Å². The normalized spacial score (nSPS) is 18.5. The Morgan fingerprint density at radius 2 is 1.81 bits per heavy atom. The molecule has 0 bridgehead atoms. The largest absolute Gasteiger partial charge is 0.417 e. The molecule has 1 atom stereocenters. The lowest BCUT2D eigenvalue weighted by Gasteiger charge is -2.32. The van der Waals surface area contributed by atoms with Gasteiger partial charge in [-0.15, -0.1) is 0 Å². The van der Waals surface area contributed by atoms with Gasteiger partial charge in [0.25, 0.3) is 5.91 Å². The van der Waals surface area contributed by atoms with Gasteiger partial charge in [-0.25, -0.2) is 18.3 Å². The molecule has 4 aromatic rings. The third-order valence-electron chi connectivity index (χ3n) is 8.10. The molecule has 0 saturated carbocycles.